The van der Waals surface area contributed by atoms with E-state index >= 15 is 0 Å². The van der Waals surface area contributed by atoms with Crippen molar-refractivity contribution in [2.75, 3.05) is 6.61 Å². The molecule has 3 nitrogen and oxygen atoms in total. The van der Waals surface area contributed by atoms with Gasteiger partial charge in [0.05, 0.1) is 12.0 Å². The molecule has 0 bridgehead atoms. The minimum Gasteiger partial charge on any atom is -0.395 e. The number of imidazole rings is 1. The molecule has 0 unspecified atom stereocenters. The van der Waals surface area contributed by atoms with E-state index in [4.69, 9.17) is 0 Å². The fourth-order valence-electron chi connectivity index (χ4n) is 2.05. The highest BCUT2D eigenvalue weighted by Gasteiger charge is 2.41. The van der Waals surface area contributed by atoms with Gasteiger partial charge in [-0.05, 0) is 12.8 Å². The lowest BCUT2D eigenvalue weighted by atomic mass is 9.69. The van der Waals surface area contributed by atoms with E-state index in [1.54, 1.807) is 0 Å². The van der Waals surface area contributed by atoms with Gasteiger partial charge < -0.3 is 10.1 Å². The Morgan fingerprint density at radius 2 is 2.13 bits per heavy atom. The lowest BCUT2D eigenvalue weighted by Gasteiger charge is -2.38. The number of hydrogen-bond donors (Lipinski definition) is 2. The summed E-state index contributed by atoms with van der Waals surface area (Å²) in [6.07, 6.45) is 5.22. The van der Waals surface area contributed by atoms with Gasteiger partial charge in [-0.3, -0.25) is 0 Å². The number of aromatic nitrogens is 2. The largest absolute Gasteiger partial charge is 0.395 e. The molecular formula is C12H20N2O. The lowest BCUT2D eigenvalue weighted by Crippen LogP contribution is -2.39. The molecule has 2 N–H and O–H groups in total. The maximum absolute atomic E-state index is 9.44. The first-order chi connectivity index (χ1) is 6.98. The van der Waals surface area contributed by atoms with Gasteiger partial charge in [-0.2, -0.15) is 0 Å². The fraction of sp³-hybridized carbons (Fsp3) is 0.750. The van der Waals surface area contributed by atoms with Crippen LogP contribution in [0.5, 0.6) is 0 Å². The molecule has 1 aromatic heterocycles. The predicted molar refractivity (Wildman–Crippen MR) is 59.9 cm³/mol. The number of aromatic amines is 1. The smallest absolute Gasteiger partial charge is 0.114 e. The Balaban J connectivity index is 2.27. The van der Waals surface area contributed by atoms with Crippen LogP contribution in [-0.4, -0.2) is 21.7 Å². The van der Waals surface area contributed by atoms with Gasteiger partial charge >= 0.3 is 0 Å². The SMILES string of the molecule is CC(C)(C)c1cnc(C2(CO)CCC2)[nH]1. The van der Waals surface area contributed by atoms with Crippen molar-refractivity contribution in [2.45, 2.75) is 50.9 Å². The van der Waals surface area contributed by atoms with Crippen molar-refractivity contribution >= 4 is 0 Å². The maximum Gasteiger partial charge on any atom is 0.114 e. The van der Waals surface area contributed by atoms with Crippen LogP contribution in [0, 0.1) is 0 Å². The predicted octanol–water partition coefficient (Wildman–Crippen LogP) is 2.12. The quantitative estimate of drug-likeness (QED) is 0.782. The van der Waals surface area contributed by atoms with Crippen LogP contribution < -0.4 is 0 Å². The van der Waals surface area contributed by atoms with Crippen LogP contribution in [0.4, 0.5) is 0 Å². The van der Waals surface area contributed by atoms with Crippen molar-refractivity contribution in [2.24, 2.45) is 0 Å². The monoisotopic (exact) mass is 208 g/mol. The van der Waals surface area contributed by atoms with E-state index < -0.39 is 0 Å². The zero-order valence-corrected chi connectivity index (χ0v) is 9.80. The molecule has 1 saturated carbocycles. The van der Waals surface area contributed by atoms with Gasteiger partial charge in [-0.15, -0.1) is 0 Å². The van der Waals surface area contributed by atoms with Crippen molar-refractivity contribution < 1.29 is 5.11 Å². The Hall–Kier alpha value is -0.830. The highest BCUT2D eigenvalue weighted by atomic mass is 16.3. The number of hydrogen-bond acceptors (Lipinski definition) is 2. The Labute approximate surface area is 90.9 Å². The molecule has 0 amide bonds. The molecule has 84 valence electrons. The molecule has 0 saturated heterocycles. The Morgan fingerprint density at radius 1 is 1.47 bits per heavy atom. The van der Waals surface area contributed by atoms with E-state index in [2.05, 4.69) is 30.7 Å². The molecule has 1 heterocycles. The summed E-state index contributed by atoms with van der Waals surface area (Å²) in [5, 5.41) is 9.44. The summed E-state index contributed by atoms with van der Waals surface area (Å²) >= 11 is 0. The van der Waals surface area contributed by atoms with E-state index in [0.717, 1.165) is 24.4 Å². The van der Waals surface area contributed by atoms with Crippen molar-refractivity contribution in [3.63, 3.8) is 0 Å². The second kappa shape index (κ2) is 3.34. The maximum atomic E-state index is 9.44. The van der Waals surface area contributed by atoms with Gasteiger partial charge in [0.15, 0.2) is 0 Å². The van der Waals surface area contributed by atoms with Crippen LogP contribution in [0.1, 0.15) is 51.6 Å². The average Bonchev–Trinajstić information content (AvgIpc) is 2.51. The van der Waals surface area contributed by atoms with Gasteiger partial charge in [-0.1, -0.05) is 27.2 Å². The zero-order chi connectivity index (χ0) is 11.1. The van der Waals surface area contributed by atoms with Crippen LogP contribution in [0.15, 0.2) is 6.20 Å². The summed E-state index contributed by atoms with van der Waals surface area (Å²) in [7, 11) is 0. The zero-order valence-electron chi connectivity index (χ0n) is 9.80. The molecule has 0 spiro atoms. The average molecular weight is 208 g/mol. The molecule has 0 atom stereocenters. The second-order valence-electron chi connectivity index (χ2n) is 5.69. The van der Waals surface area contributed by atoms with Crippen molar-refractivity contribution in [1.82, 2.24) is 9.97 Å². The van der Waals surface area contributed by atoms with Gasteiger partial charge in [0.2, 0.25) is 0 Å². The standard InChI is InChI=1S/C12H20N2O/c1-11(2,3)9-7-13-10(14-9)12(8-15)5-4-6-12/h7,15H,4-6,8H2,1-3H3,(H,13,14). The molecule has 3 heteroatoms. The van der Waals surface area contributed by atoms with Gasteiger partial charge in [-0.25, -0.2) is 4.98 Å². The number of aliphatic hydroxyl groups excluding tert-OH is 1. The van der Waals surface area contributed by atoms with Crippen LogP contribution in [0.3, 0.4) is 0 Å². The van der Waals surface area contributed by atoms with Crippen molar-refractivity contribution in [3.05, 3.63) is 17.7 Å². The summed E-state index contributed by atoms with van der Waals surface area (Å²) in [5.41, 5.74) is 1.19. The molecular weight excluding hydrogens is 188 g/mol. The first-order valence-electron chi connectivity index (χ1n) is 5.65. The molecule has 0 aliphatic heterocycles. The third kappa shape index (κ3) is 1.69. The Morgan fingerprint density at radius 3 is 2.47 bits per heavy atom. The summed E-state index contributed by atoms with van der Waals surface area (Å²) in [4.78, 5) is 7.81. The van der Waals surface area contributed by atoms with E-state index in [1.807, 2.05) is 6.20 Å². The second-order valence-corrected chi connectivity index (χ2v) is 5.69. The summed E-state index contributed by atoms with van der Waals surface area (Å²) in [5.74, 6) is 0.973. The lowest BCUT2D eigenvalue weighted by molar-refractivity contribution is 0.113. The molecule has 0 radical (unpaired) electrons. The van der Waals surface area contributed by atoms with Crippen LogP contribution >= 0.6 is 0 Å². The van der Waals surface area contributed by atoms with Crippen LogP contribution in [-0.2, 0) is 10.8 Å². The molecule has 1 fully saturated rings. The van der Waals surface area contributed by atoms with Crippen LogP contribution in [0.2, 0.25) is 0 Å². The molecule has 1 aliphatic carbocycles. The Bertz CT molecular complexity index is 339. The number of aliphatic hydroxyl groups is 1. The topological polar surface area (TPSA) is 48.9 Å². The number of rotatable bonds is 2. The third-order valence-electron chi connectivity index (χ3n) is 3.50. The van der Waals surface area contributed by atoms with Crippen molar-refractivity contribution in [3.8, 4) is 0 Å². The summed E-state index contributed by atoms with van der Waals surface area (Å²) in [6.45, 7) is 6.70. The number of H-pyrrole nitrogens is 1. The van der Waals surface area contributed by atoms with E-state index in [1.165, 1.54) is 6.42 Å². The van der Waals surface area contributed by atoms with Crippen LogP contribution in [0.25, 0.3) is 0 Å². The van der Waals surface area contributed by atoms with Gasteiger partial charge in [0.1, 0.15) is 5.82 Å². The highest BCUT2D eigenvalue weighted by Crippen LogP contribution is 2.42. The summed E-state index contributed by atoms with van der Waals surface area (Å²) in [6, 6.07) is 0. The van der Waals surface area contributed by atoms with Gasteiger partial charge in [0.25, 0.3) is 0 Å². The van der Waals surface area contributed by atoms with Crippen molar-refractivity contribution in [1.29, 1.82) is 0 Å². The Kier molecular flexibility index (Phi) is 2.38. The number of nitrogens with zero attached hydrogens (tertiary/aromatic N) is 1. The molecule has 15 heavy (non-hydrogen) atoms. The normalized spacial score (nSPS) is 20.0. The van der Waals surface area contributed by atoms with E-state index in [9.17, 15) is 5.11 Å². The number of nitrogens with one attached hydrogen (secondary N) is 1. The molecule has 1 aliphatic rings. The molecule has 1 aromatic rings. The first kappa shape index (κ1) is 10.7. The fourth-order valence-corrected chi connectivity index (χ4v) is 2.05. The summed E-state index contributed by atoms with van der Waals surface area (Å²) < 4.78 is 0. The molecule has 0 aromatic carbocycles. The van der Waals surface area contributed by atoms with E-state index in [0.29, 0.717) is 0 Å². The minimum absolute atomic E-state index is 0.0660. The first-order valence-corrected chi connectivity index (χ1v) is 5.65. The van der Waals surface area contributed by atoms with Gasteiger partial charge in [0, 0.05) is 17.3 Å². The highest BCUT2D eigenvalue weighted by molar-refractivity contribution is 5.19. The molecule has 2 rings (SSSR count). The third-order valence-corrected chi connectivity index (χ3v) is 3.50. The minimum atomic E-state index is -0.0660. The van der Waals surface area contributed by atoms with E-state index in [-0.39, 0.29) is 17.4 Å².